The smallest absolute Gasteiger partial charge is 0.317 e. The van der Waals surface area contributed by atoms with Gasteiger partial charge < -0.3 is 20.9 Å². The molecule has 0 spiro atoms. The van der Waals surface area contributed by atoms with Gasteiger partial charge in [0.05, 0.1) is 5.92 Å². The Hall–Kier alpha value is -1.30. The number of carbonyl (C=O) groups excluding carboxylic acids is 2. The van der Waals surface area contributed by atoms with Gasteiger partial charge in [-0.25, -0.2) is 4.79 Å². The van der Waals surface area contributed by atoms with Crippen molar-refractivity contribution in [3.05, 3.63) is 0 Å². The minimum atomic E-state index is -0.0266. The number of nitrogens with one attached hydrogen (secondary N) is 1. The summed E-state index contributed by atoms with van der Waals surface area (Å²) in [5.74, 6) is 1.31. The SMILES string of the molecule is CCNC(=O)N1CCN(C(=O)C2C3CCC(C3)C2N)CC1. The van der Waals surface area contributed by atoms with E-state index in [9.17, 15) is 9.59 Å². The van der Waals surface area contributed by atoms with Gasteiger partial charge in [-0.1, -0.05) is 0 Å². The molecule has 3 amide bonds. The van der Waals surface area contributed by atoms with Crippen LogP contribution < -0.4 is 11.1 Å². The summed E-state index contributed by atoms with van der Waals surface area (Å²) in [6.07, 6.45) is 3.49. The molecule has 0 radical (unpaired) electrons. The molecule has 1 saturated heterocycles. The third-order valence-corrected chi connectivity index (χ3v) is 5.47. The number of carbonyl (C=O) groups is 2. The van der Waals surface area contributed by atoms with Gasteiger partial charge >= 0.3 is 6.03 Å². The first kappa shape index (κ1) is 14.6. The van der Waals surface area contributed by atoms with E-state index in [0.29, 0.717) is 44.6 Å². The zero-order chi connectivity index (χ0) is 15.0. The van der Waals surface area contributed by atoms with Crippen molar-refractivity contribution < 1.29 is 9.59 Å². The number of hydrogen-bond acceptors (Lipinski definition) is 3. The number of nitrogens with zero attached hydrogens (tertiary/aromatic N) is 2. The Bertz CT molecular complexity index is 418. The standard InChI is InChI=1S/C15H26N4O2/c1-2-17-15(21)19-7-5-18(6-8-19)14(20)12-10-3-4-11(9-10)13(12)16/h10-13H,2-9,16H2,1H3,(H,17,21). The van der Waals surface area contributed by atoms with E-state index in [1.807, 2.05) is 11.8 Å². The minimum Gasteiger partial charge on any atom is -0.339 e. The lowest BCUT2D eigenvalue weighted by atomic mass is 9.84. The summed E-state index contributed by atoms with van der Waals surface area (Å²) >= 11 is 0. The fourth-order valence-electron chi connectivity index (χ4n) is 4.31. The molecule has 0 aromatic rings. The van der Waals surface area contributed by atoms with Crippen molar-refractivity contribution in [1.29, 1.82) is 0 Å². The zero-order valence-electron chi connectivity index (χ0n) is 12.8. The highest BCUT2D eigenvalue weighted by atomic mass is 16.2. The molecule has 21 heavy (non-hydrogen) atoms. The number of hydrogen-bond donors (Lipinski definition) is 2. The molecular weight excluding hydrogens is 268 g/mol. The van der Waals surface area contributed by atoms with Crippen LogP contribution in [0.1, 0.15) is 26.2 Å². The van der Waals surface area contributed by atoms with Gasteiger partial charge in [-0.15, -0.1) is 0 Å². The van der Waals surface area contributed by atoms with Gasteiger partial charge in [0.15, 0.2) is 0 Å². The quantitative estimate of drug-likeness (QED) is 0.765. The van der Waals surface area contributed by atoms with E-state index < -0.39 is 0 Å². The van der Waals surface area contributed by atoms with Gasteiger partial charge in [0, 0.05) is 38.8 Å². The molecule has 2 aliphatic carbocycles. The Morgan fingerprint density at radius 1 is 1.10 bits per heavy atom. The van der Waals surface area contributed by atoms with Crippen LogP contribution in [-0.2, 0) is 4.79 Å². The number of fused-ring (bicyclic) bond motifs is 2. The molecule has 3 fully saturated rings. The van der Waals surface area contributed by atoms with Crippen LogP contribution in [0.3, 0.4) is 0 Å². The molecule has 0 aromatic carbocycles. The molecule has 118 valence electrons. The maximum Gasteiger partial charge on any atom is 0.317 e. The van der Waals surface area contributed by atoms with Gasteiger partial charge in [-0.2, -0.15) is 0 Å². The van der Waals surface area contributed by atoms with Gasteiger partial charge in [-0.05, 0) is 38.0 Å². The first-order chi connectivity index (χ1) is 10.1. The van der Waals surface area contributed by atoms with E-state index in [2.05, 4.69) is 5.32 Å². The van der Waals surface area contributed by atoms with Crippen LogP contribution in [0.25, 0.3) is 0 Å². The molecule has 4 atom stereocenters. The van der Waals surface area contributed by atoms with Crippen molar-refractivity contribution in [3.63, 3.8) is 0 Å². The monoisotopic (exact) mass is 294 g/mol. The topological polar surface area (TPSA) is 78.7 Å². The van der Waals surface area contributed by atoms with Crippen LogP contribution in [0.5, 0.6) is 0 Å². The van der Waals surface area contributed by atoms with E-state index in [1.54, 1.807) is 4.90 Å². The third kappa shape index (κ3) is 2.61. The molecule has 3 rings (SSSR count). The average Bonchev–Trinajstić information content (AvgIpc) is 3.08. The van der Waals surface area contributed by atoms with Crippen molar-refractivity contribution in [1.82, 2.24) is 15.1 Å². The Balaban J connectivity index is 1.55. The summed E-state index contributed by atoms with van der Waals surface area (Å²) in [6, 6.07) is 0.0268. The van der Waals surface area contributed by atoms with Gasteiger partial charge in [0.2, 0.25) is 5.91 Å². The van der Waals surface area contributed by atoms with Crippen molar-refractivity contribution in [2.45, 2.75) is 32.2 Å². The largest absolute Gasteiger partial charge is 0.339 e. The predicted molar refractivity (Wildman–Crippen MR) is 79.5 cm³/mol. The number of urea groups is 1. The number of piperazine rings is 1. The molecule has 2 bridgehead atoms. The molecule has 3 N–H and O–H groups in total. The highest BCUT2D eigenvalue weighted by Gasteiger charge is 2.50. The van der Waals surface area contributed by atoms with Crippen molar-refractivity contribution in [2.24, 2.45) is 23.5 Å². The van der Waals surface area contributed by atoms with Gasteiger partial charge in [0.25, 0.3) is 0 Å². The Morgan fingerprint density at radius 2 is 1.71 bits per heavy atom. The van der Waals surface area contributed by atoms with Crippen molar-refractivity contribution in [2.75, 3.05) is 32.7 Å². The predicted octanol–water partition coefficient (Wildman–Crippen LogP) is 0.234. The van der Waals surface area contributed by atoms with Gasteiger partial charge in [-0.3, -0.25) is 4.79 Å². The summed E-state index contributed by atoms with van der Waals surface area (Å²) in [6.45, 7) is 5.06. The molecule has 6 heteroatoms. The second kappa shape index (κ2) is 5.83. The molecule has 1 heterocycles. The average molecular weight is 294 g/mol. The zero-order valence-corrected chi connectivity index (χ0v) is 12.8. The first-order valence-electron chi connectivity index (χ1n) is 8.19. The summed E-state index contributed by atoms with van der Waals surface area (Å²) in [5.41, 5.74) is 6.26. The second-order valence-electron chi connectivity index (χ2n) is 6.58. The lowest BCUT2D eigenvalue weighted by Crippen LogP contribution is -2.56. The highest BCUT2D eigenvalue weighted by molar-refractivity contribution is 5.81. The molecule has 0 aromatic heterocycles. The van der Waals surface area contributed by atoms with Crippen LogP contribution in [0.15, 0.2) is 0 Å². The van der Waals surface area contributed by atoms with Crippen LogP contribution in [-0.4, -0.2) is 60.5 Å². The molecule has 2 saturated carbocycles. The van der Waals surface area contributed by atoms with Crippen molar-refractivity contribution >= 4 is 11.9 Å². The summed E-state index contributed by atoms with van der Waals surface area (Å²) < 4.78 is 0. The lowest BCUT2D eigenvalue weighted by Gasteiger charge is -2.38. The second-order valence-corrected chi connectivity index (χ2v) is 6.58. The Labute approximate surface area is 126 Å². The summed E-state index contributed by atoms with van der Waals surface area (Å²) in [7, 11) is 0. The van der Waals surface area contributed by atoms with Crippen LogP contribution in [0.4, 0.5) is 4.79 Å². The van der Waals surface area contributed by atoms with E-state index in [0.717, 1.165) is 12.8 Å². The fraction of sp³-hybridized carbons (Fsp3) is 0.867. The highest BCUT2D eigenvalue weighted by Crippen LogP contribution is 2.48. The van der Waals surface area contributed by atoms with E-state index >= 15 is 0 Å². The van der Waals surface area contributed by atoms with Crippen molar-refractivity contribution in [3.8, 4) is 0 Å². The third-order valence-electron chi connectivity index (χ3n) is 5.47. The fourth-order valence-corrected chi connectivity index (χ4v) is 4.31. The molecular formula is C15H26N4O2. The maximum atomic E-state index is 12.7. The summed E-state index contributed by atoms with van der Waals surface area (Å²) in [4.78, 5) is 28.2. The minimum absolute atomic E-state index is 0.0266. The Morgan fingerprint density at radius 3 is 2.29 bits per heavy atom. The van der Waals surface area contributed by atoms with Crippen LogP contribution in [0.2, 0.25) is 0 Å². The number of rotatable bonds is 2. The van der Waals surface area contributed by atoms with Crippen LogP contribution in [0, 0.1) is 17.8 Å². The Kier molecular flexibility index (Phi) is 4.06. The number of nitrogens with two attached hydrogens (primary N) is 1. The van der Waals surface area contributed by atoms with E-state index in [1.165, 1.54) is 6.42 Å². The lowest BCUT2D eigenvalue weighted by molar-refractivity contribution is -0.139. The first-order valence-corrected chi connectivity index (χ1v) is 8.19. The van der Waals surface area contributed by atoms with E-state index in [-0.39, 0.29) is 23.9 Å². The molecule has 6 nitrogen and oxygen atoms in total. The molecule has 4 unspecified atom stereocenters. The molecule has 3 aliphatic rings. The van der Waals surface area contributed by atoms with Crippen LogP contribution >= 0.6 is 0 Å². The molecule has 1 aliphatic heterocycles. The normalized spacial score (nSPS) is 35.1. The van der Waals surface area contributed by atoms with Gasteiger partial charge in [0.1, 0.15) is 0 Å². The van der Waals surface area contributed by atoms with E-state index in [4.69, 9.17) is 5.73 Å². The maximum absolute atomic E-state index is 12.7. The number of amides is 3. The summed E-state index contributed by atoms with van der Waals surface area (Å²) in [5, 5.41) is 2.81.